The molecule has 0 spiro atoms. The Hall–Kier alpha value is -0.900. The highest BCUT2D eigenvalue weighted by Crippen LogP contribution is 2.16. The Labute approximate surface area is 90.8 Å². The second-order valence-corrected chi connectivity index (χ2v) is 4.40. The molecule has 1 saturated heterocycles. The molecule has 1 fully saturated rings. The van der Waals surface area contributed by atoms with Crippen LogP contribution in [0.4, 0.5) is 0 Å². The summed E-state index contributed by atoms with van der Waals surface area (Å²) in [6.07, 6.45) is 1.68. The van der Waals surface area contributed by atoms with E-state index in [-0.39, 0.29) is 23.5 Å². The number of rotatable bonds is 5. The van der Waals surface area contributed by atoms with E-state index in [9.17, 15) is 9.59 Å². The van der Waals surface area contributed by atoms with Gasteiger partial charge in [-0.3, -0.25) is 14.5 Å². The molecule has 0 aromatic carbocycles. The molecule has 0 saturated carbocycles. The summed E-state index contributed by atoms with van der Waals surface area (Å²) >= 11 is 0. The summed E-state index contributed by atoms with van der Waals surface area (Å²) in [5.41, 5.74) is 5.23. The Bertz CT molecular complexity index is 253. The smallest absolute Gasteiger partial charge is 0.221 e. The highest BCUT2D eigenvalue weighted by atomic mass is 16.1. The number of amides is 1. The molecule has 0 aromatic rings. The first kappa shape index (κ1) is 12.2. The van der Waals surface area contributed by atoms with Gasteiger partial charge in [-0.05, 0) is 19.4 Å². The van der Waals surface area contributed by atoms with Crippen LogP contribution in [-0.4, -0.2) is 36.2 Å². The third kappa shape index (κ3) is 3.30. The Morgan fingerprint density at radius 3 is 2.67 bits per heavy atom. The molecule has 4 heteroatoms. The van der Waals surface area contributed by atoms with Crippen molar-refractivity contribution in [2.45, 2.75) is 26.7 Å². The predicted molar refractivity (Wildman–Crippen MR) is 58.2 cm³/mol. The summed E-state index contributed by atoms with van der Waals surface area (Å²) < 4.78 is 0. The minimum atomic E-state index is -0.242. The first-order valence-electron chi connectivity index (χ1n) is 5.59. The third-order valence-corrected chi connectivity index (χ3v) is 3.22. The van der Waals surface area contributed by atoms with Crippen LogP contribution in [0.1, 0.15) is 26.7 Å². The van der Waals surface area contributed by atoms with E-state index >= 15 is 0 Å². The first-order valence-corrected chi connectivity index (χ1v) is 5.59. The lowest BCUT2D eigenvalue weighted by atomic mass is 10.0. The lowest BCUT2D eigenvalue weighted by molar-refractivity contribution is -0.124. The normalized spacial score (nSPS) is 24.0. The molecule has 0 radical (unpaired) electrons. The lowest BCUT2D eigenvalue weighted by Gasteiger charge is -2.16. The van der Waals surface area contributed by atoms with Crippen molar-refractivity contribution in [2.24, 2.45) is 17.6 Å². The molecule has 2 N–H and O–H groups in total. The van der Waals surface area contributed by atoms with Crippen molar-refractivity contribution in [3.8, 4) is 0 Å². The SMILES string of the molecule is CCC(C)C(=O)CN1CCC(C(N)=O)C1. The molecule has 0 bridgehead atoms. The van der Waals surface area contributed by atoms with Crippen LogP contribution < -0.4 is 5.73 Å². The molecule has 1 amide bonds. The number of carbonyl (C=O) groups excluding carboxylic acids is 2. The number of primary amides is 1. The topological polar surface area (TPSA) is 63.4 Å². The zero-order chi connectivity index (χ0) is 11.4. The quantitative estimate of drug-likeness (QED) is 0.718. The van der Waals surface area contributed by atoms with Crippen LogP contribution in [0.3, 0.4) is 0 Å². The largest absolute Gasteiger partial charge is 0.369 e. The van der Waals surface area contributed by atoms with Gasteiger partial charge < -0.3 is 5.73 Å². The molecular weight excluding hydrogens is 192 g/mol. The van der Waals surface area contributed by atoms with Gasteiger partial charge in [0.1, 0.15) is 5.78 Å². The molecule has 1 heterocycles. The number of ketones is 1. The van der Waals surface area contributed by atoms with E-state index in [1.54, 1.807) is 0 Å². The Morgan fingerprint density at radius 2 is 2.20 bits per heavy atom. The van der Waals surface area contributed by atoms with Gasteiger partial charge >= 0.3 is 0 Å². The van der Waals surface area contributed by atoms with Gasteiger partial charge in [-0.1, -0.05) is 13.8 Å². The molecule has 15 heavy (non-hydrogen) atoms. The fourth-order valence-electron chi connectivity index (χ4n) is 1.81. The van der Waals surface area contributed by atoms with Crippen molar-refractivity contribution in [1.29, 1.82) is 0 Å². The van der Waals surface area contributed by atoms with Crippen LogP contribution in [-0.2, 0) is 9.59 Å². The molecular formula is C11H20N2O2. The maximum atomic E-state index is 11.6. The van der Waals surface area contributed by atoms with E-state index < -0.39 is 0 Å². The fourth-order valence-corrected chi connectivity index (χ4v) is 1.81. The highest BCUT2D eigenvalue weighted by Gasteiger charge is 2.28. The van der Waals surface area contributed by atoms with Gasteiger partial charge in [-0.2, -0.15) is 0 Å². The van der Waals surface area contributed by atoms with Gasteiger partial charge in [0, 0.05) is 12.5 Å². The molecule has 1 rings (SSSR count). The number of nitrogens with zero attached hydrogens (tertiary/aromatic N) is 1. The zero-order valence-electron chi connectivity index (χ0n) is 9.53. The van der Waals surface area contributed by atoms with E-state index in [1.807, 2.05) is 18.7 Å². The minimum Gasteiger partial charge on any atom is -0.369 e. The molecule has 2 atom stereocenters. The van der Waals surface area contributed by atoms with Gasteiger partial charge in [-0.15, -0.1) is 0 Å². The van der Waals surface area contributed by atoms with Gasteiger partial charge in [0.2, 0.25) is 5.91 Å². The average Bonchev–Trinajstić information content (AvgIpc) is 2.65. The number of Topliss-reactive ketones (excluding diaryl/α,β-unsaturated/α-hetero) is 1. The molecule has 0 aromatic heterocycles. The van der Waals surface area contributed by atoms with E-state index in [0.717, 1.165) is 19.4 Å². The third-order valence-electron chi connectivity index (χ3n) is 3.22. The van der Waals surface area contributed by atoms with Crippen LogP contribution in [0.2, 0.25) is 0 Å². The fraction of sp³-hybridized carbons (Fsp3) is 0.818. The van der Waals surface area contributed by atoms with Crippen LogP contribution in [0.5, 0.6) is 0 Å². The maximum Gasteiger partial charge on any atom is 0.221 e. The van der Waals surface area contributed by atoms with E-state index in [4.69, 9.17) is 5.73 Å². The summed E-state index contributed by atoms with van der Waals surface area (Å²) in [5.74, 6) is 0.0865. The number of hydrogen-bond acceptors (Lipinski definition) is 3. The number of carbonyl (C=O) groups is 2. The van der Waals surface area contributed by atoms with Gasteiger partial charge in [0.15, 0.2) is 0 Å². The van der Waals surface area contributed by atoms with Crippen LogP contribution in [0.15, 0.2) is 0 Å². The van der Waals surface area contributed by atoms with Crippen molar-refractivity contribution < 1.29 is 9.59 Å². The van der Waals surface area contributed by atoms with Crippen LogP contribution in [0, 0.1) is 11.8 Å². The highest BCUT2D eigenvalue weighted by molar-refractivity contribution is 5.83. The minimum absolute atomic E-state index is 0.0604. The van der Waals surface area contributed by atoms with E-state index in [0.29, 0.717) is 13.1 Å². The molecule has 1 aliphatic heterocycles. The molecule has 2 unspecified atom stereocenters. The van der Waals surface area contributed by atoms with Gasteiger partial charge in [-0.25, -0.2) is 0 Å². The number of hydrogen-bond donors (Lipinski definition) is 1. The average molecular weight is 212 g/mol. The Kier molecular flexibility index (Phi) is 4.27. The lowest BCUT2D eigenvalue weighted by Crippen LogP contribution is -2.32. The molecule has 1 aliphatic rings. The summed E-state index contributed by atoms with van der Waals surface area (Å²) in [5, 5.41) is 0. The summed E-state index contributed by atoms with van der Waals surface area (Å²) in [6.45, 7) is 5.90. The predicted octanol–water partition coefficient (Wildman–Crippen LogP) is 0.409. The second kappa shape index (κ2) is 5.26. The summed E-state index contributed by atoms with van der Waals surface area (Å²) in [4.78, 5) is 24.6. The Morgan fingerprint density at radius 1 is 1.53 bits per heavy atom. The Balaban J connectivity index is 2.36. The van der Waals surface area contributed by atoms with Gasteiger partial charge in [0.25, 0.3) is 0 Å². The van der Waals surface area contributed by atoms with Crippen LogP contribution >= 0.6 is 0 Å². The number of nitrogens with two attached hydrogens (primary N) is 1. The van der Waals surface area contributed by atoms with Crippen molar-refractivity contribution in [2.75, 3.05) is 19.6 Å². The summed E-state index contributed by atoms with van der Waals surface area (Å²) in [7, 11) is 0. The monoisotopic (exact) mass is 212 g/mol. The van der Waals surface area contributed by atoms with Crippen molar-refractivity contribution >= 4 is 11.7 Å². The van der Waals surface area contributed by atoms with Crippen molar-refractivity contribution in [1.82, 2.24) is 4.90 Å². The van der Waals surface area contributed by atoms with E-state index in [1.165, 1.54) is 0 Å². The second-order valence-electron chi connectivity index (χ2n) is 4.40. The van der Waals surface area contributed by atoms with Gasteiger partial charge in [0.05, 0.1) is 12.5 Å². The standard InChI is InChI=1S/C11H20N2O2/c1-3-8(2)10(14)7-13-5-4-9(6-13)11(12)15/h8-9H,3-7H2,1-2H3,(H2,12,15). The van der Waals surface area contributed by atoms with Crippen molar-refractivity contribution in [3.05, 3.63) is 0 Å². The molecule has 86 valence electrons. The zero-order valence-corrected chi connectivity index (χ0v) is 9.53. The maximum absolute atomic E-state index is 11.6. The summed E-state index contributed by atoms with van der Waals surface area (Å²) in [6, 6.07) is 0. The molecule has 4 nitrogen and oxygen atoms in total. The molecule has 0 aliphatic carbocycles. The van der Waals surface area contributed by atoms with Crippen molar-refractivity contribution in [3.63, 3.8) is 0 Å². The van der Waals surface area contributed by atoms with E-state index in [2.05, 4.69) is 0 Å². The first-order chi connectivity index (χ1) is 7.04. The van der Waals surface area contributed by atoms with Crippen LogP contribution in [0.25, 0.3) is 0 Å². The number of likely N-dealkylation sites (tertiary alicyclic amines) is 1.